The van der Waals surface area contributed by atoms with Gasteiger partial charge >= 0.3 is 0 Å². The summed E-state index contributed by atoms with van der Waals surface area (Å²) < 4.78 is 22.6. The second-order valence-electron chi connectivity index (χ2n) is 8.26. The van der Waals surface area contributed by atoms with Crippen LogP contribution in [0.3, 0.4) is 0 Å². The Bertz CT molecular complexity index is 618. The summed E-state index contributed by atoms with van der Waals surface area (Å²) in [5.74, 6) is 0.729. The van der Waals surface area contributed by atoms with Crippen LogP contribution in [0.15, 0.2) is 24.3 Å². The number of methoxy groups -OCH3 is 1. The Morgan fingerprint density at radius 3 is 2.19 bits per heavy atom. The van der Waals surface area contributed by atoms with Gasteiger partial charge in [0.1, 0.15) is 25.6 Å². The maximum Gasteiger partial charge on any atom is 0.289 e. The van der Waals surface area contributed by atoms with Crippen LogP contribution in [-0.4, -0.2) is 45.7 Å². The van der Waals surface area contributed by atoms with E-state index in [1.165, 1.54) is 0 Å². The van der Waals surface area contributed by atoms with Gasteiger partial charge in [-0.05, 0) is 30.3 Å². The molecule has 1 saturated heterocycles. The summed E-state index contributed by atoms with van der Waals surface area (Å²) in [5, 5.41) is 11.7. The third kappa shape index (κ3) is 4.43. The first kappa shape index (κ1) is 20.8. The molecule has 0 atom stereocenters. The molecule has 7 nitrogen and oxygen atoms in total. The van der Waals surface area contributed by atoms with Crippen molar-refractivity contribution >= 4 is 8.32 Å². The number of rotatable bonds is 6. The van der Waals surface area contributed by atoms with Gasteiger partial charge in [0.25, 0.3) is 5.54 Å². The van der Waals surface area contributed by atoms with Gasteiger partial charge in [0, 0.05) is 10.5 Å². The summed E-state index contributed by atoms with van der Waals surface area (Å²) in [6.45, 7) is 10.3. The molecule has 0 spiro atoms. The van der Waals surface area contributed by atoms with Gasteiger partial charge in [-0.15, -0.1) is 0 Å². The quantitative estimate of drug-likeness (QED) is 0.422. The van der Waals surface area contributed by atoms with E-state index < -0.39 is 20.1 Å². The minimum Gasteiger partial charge on any atom is -0.497 e. The lowest BCUT2D eigenvalue weighted by atomic mass is 10.0. The summed E-state index contributed by atoms with van der Waals surface area (Å²) in [6.07, 6.45) is -0.623. The predicted molar refractivity (Wildman–Crippen MR) is 101 cm³/mol. The van der Waals surface area contributed by atoms with Crippen molar-refractivity contribution < 1.29 is 23.6 Å². The third-order valence-corrected chi connectivity index (χ3v) is 9.77. The summed E-state index contributed by atoms with van der Waals surface area (Å²) >= 11 is 0. The fourth-order valence-corrected chi connectivity index (χ4v) is 3.34. The molecule has 1 aromatic rings. The number of benzene rings is 1. The highest BCUT2D eigenvalue weighted by molar-refractivity contribution is 6.74. The van der Waals surface area contributed by atoms with E-state index in [2.05, 4.69) is 33.9 Å². The van der Waals surface area contributed by atoms with Gasteiger partial charge in [-0.2, -0.15) is 0 Å². The fraction of sp³-hybridized carbons (Fsp3) is 0.667. The average molecular weight is 384 g/mol. The Hall–Kier alpha value is -1.48. The monoisotopic (exact) mass is 383 g/mol. The maximum absolute atomic E-state index is 11.7. The lowest BCUT2D eigenvalue weighted by molar-refractivity contribution is -0.594. The second-order valence-corrected chi connectivity index (χ2v) is 13.1. The van der Waals surface area contributed by atoms with Gasteiger partial charge < -0.3 is 18.6 Å². The molecule has 26 heavy (non-hydrogen) atoms. The van der Waals surface area contributed by atoms with E-state index in [4.69, 9.17) is 18.6 Å². The van der Waals surface area contributed by atoms with Gasteiger partial charge in [-0.25, -0.2) is 0 Å². The molecule has 1 aliphatic heterocycles. The zero-order valence-electron chi connectivity index (χ0n) is 16.4. The van der Waals surface area contributed by atoms with Crippen LogP contribution < -0.4 is 4.74 Å². The highest BCUT2D eigenvalue weighted by Gasteiger charge is 2.51. The van der Waals surface area contributed by atoms with Crippen molar-refractivity contribution in [1.29, 1.82) is 0 Å². The molecule has 0 saturated carbocycles. The first-order valence-electron chi connectivity index (χ1n) is 8.66. The van der Waals surface area contributed by atoms with E-state index in [0.717, 1.165) is 11.3 Å². The van der Waals surface area contributed by atoms with Gasteiger partial charge in [0.15, 0.2) is 14.6 Å². The highest BCUT2D eigenvalue weighted by atomic mass is 28.4. The molecule has 0 bridgehead atoms. The molecule has 1 aromatic carbocycles. The first-order chi connectivity index (χ1) is 12.0. The van der Waals surface area contributed by atoms with Crippen molar-refractivity contribution in [3.05, 3.63) is 39.9 Å². The SMILES string of the molecule is COc1ccc(C2OCC(CO[Si](C)(C)C(C)(C)C)([N+](=O)[O-])CO2)cc1. The van der Waals surface area contributed by atoms with E-state index >= 15 is 0 Å². The molecule has 0 unspecified atom stereocenters. The molecular weight excluding hydrogens is 354 g/mol. The van der Waals surface area contributed by atoms with Crippen LogP contribution in [0.2, 0.25) is 18.1 Å². The van der Waals surface area contributed by atoms with Crippen LogP contribution in [0.1, 0.15) is 32.6 Å². The predicted octanol–water partition coefficient (Wildman–Crippen LogP) is 3.78. The minimum absolute atomic E-state index is 0.00811. The van der Waals surface area contributed by atoms with Gasteiger partial charge in [-0.3, -0.25) is 10.1 Å². The molecule has 0 amide bonds. The van der Waals surface area contributed by atoms with Crippen molar-refractivity contribution in [3.8, 4) is 5.75 Å². The molecule has 1 fully saturated rings. The van der Waals surface area contributed by atoms with E-state index in [1.54, 1.807) is 19.2 Å². The number of hydrogen-bond donors (Lipinski definition) is 0. The van der Waals surface area contributed by atoms with Gasteiger partial charge in [-0.1, -0.05) is 32.9 Å². The Morgan fingerprint density at radius 2 is 1.77 bits per heavy atom. The van der Waals surface area contributed by atoms with E-state index in [0.29, 0.717) is 0 Å². The Balaban J connectivity index is 2.05. The minimum atomic E-state index is -2.10. The standard InChI is InChI=1S/C18H29NO6Si/c1-17(2,3)26(5,6)25-13-18(19(20)21)11-23-16(24-12-18)14-7-9-15(22-4)10-8-14/h7-10,16H,11-13H2,1-6H3. The van der Waals surface area contributed by atoms with E-state index in [-0.39, 0.29) is 29.8 Å². The van der Waals surface area contributed by atoms with Crippen LogP contribution in [0.5, 0.6) is 5.75 Å². The maximum atomic E-state index is 11.7. The number of ether oxygens (including phenoxy) is 3. The number of hydrogen-bond acceptors (Lipinski definition) is 6. The molecule has 1 aliphatic rings. The summed E-state index contributed by atoms with van der Waals surface area (Å²) in [7, 11) is -0.509. The molecule has 0 aliphatic carbocycles. The van der Waals surface area contributed by atoms with Crippen molar-refractivity contribution in [2.45, 2.75) is 50.7 Å². The summed E-state index contributed by atoms with van der Waals surface area (Å²) in [6, 6.07) is 7.26. The van der Waals surface area contributed by atoms with Crippen LogP contribution in [0, 0.1) is 10.1 Å². The molecule has 0 aromatic heterocycles. The lowest BCUT2D eigenvalue weighted by Gasteiger charge is -2.39. The molecule has 2 rings (SSSR count). The van der Waals surface area contributed by atoms with E-state index in [9.17, 15) is 10.1 Å². The Labute approximate surface area is 155 Å². The van der Waals surface area contributed by atoms with Gasteiger partial charge in [0.05, 0.1) is 7.11 Å². The fourth-order valence-electron chi connectivity index (χ4n) is 2.28. The average Bonchev–Trinajstić information content (AvgIpc) is 2.59. The second kappa shape index (κ2) is 7.64. The molecule has 1 heterocycles. The number of nitro groups is 1. The van der Waals surface area contributed by atoms with Crippen molar-refractivity contribution in [2.75, 3.05) is 26.9 Å². The van der Waals surface area contributed by atoms with Crippen LogP contribution >= 0.6 is 0 Å². The largest absolute Gasteiger partial charge is 0.497 e. The molecule has 0 N–H and O–H groups in total. The van der Waals surface area contributed by atoms with Crippen LogP contribution in [0.25, 0.3) is 0 Å². The van der Waals surface area contributed by atoms with Gasteiger partial charge in [0.2, 0.25) is 0 Å². The smallest absolute Gasteiger partial charge is 0.289 e. The zero-order valence-corrected chi connectivity index (χ0v) is 17.4. The molecular formula is C18H29NO6Si. The molecule has 146 valence electrons. The Kier molecular flexibility index (Phi) is 6.12. The molecule has 8 heteroatoms. The van der Waals surface area contributed by atoms with Crippen molar-refractivity contribution in [2.24, 2.45) is 0 Å². The molecule has 0 radical (unpaired) electrons. The van der Waals surface area contributed by atoms with E-state index in [1.807, 2.05) is 12.1 Å². The highest BCUT2D eigenvalue weighted by Crippen LogP contribution is 2.38. The topological polar surface area (TPSA) is 80.1 Å². The number of nitrogens with zero attached hydrogens (tertiary/aromatic N) is 1. The Morgan fingerprint density at radius 1 is 1.23 bits per heavy atom. The van der Waals surface area contributed by atoms with Crippen molar-refractivity contribution in [1.82, 2.24) is 0 Å². The third-order valence-electron chi connectivity index (χ3n) is 5.29. The summed E-state index contributed by atoms with van der Waals surface area (Å²) in [4.78, 5) is 11.4. The normalized spacial score (nSPS) is 24.3. The zero-order chi connectivity index (χ0) is 19.6. The lowest BCUT2D eigenvalue weighted by Crippen LogP contribution is -2.57. The first-order valence-corrected chi connectivity index (χ1v) is 11.6. The van der Waals surface area contributed by atoms with Crippen LogP contribution in [-0.2, 0) is 13.9 Å². The van der Waals surface area contributed by atoms with Crippen LogP contribution in [0.4, 0.5) is 0 Å². The van der Waals surface area contributed by atoms with Crippen molar-refractivity contribution in [3.63, 3.8) is 0 Å². The summed E-state index contributed by atoms with van der Waals surface area (Å²) in [5.41, 5.74) is -0.577.